The van der Waals surface area contributed by atoms with Gasteiger partial charge in [-0.15, -0.1) is 0 Å². The van der Waals surface area contributed by atoms with Crippen molar-refractivity contribution in [1.29, 1.82) is 0 Å². The molecule has 1 N–H and O–H groups in total. The predicted molar refractivity (Wildman–Crippen MR) is 93.0 cm³/mol. The minimum Gasteiger partial charge on any atom is -0.481 e. The minimum atomic E-state index is -0.849. The molecule has 1 aromatic carbocycles. The monoisotopic (exact) mass is 380 g/mol. The highest BCUT2D eigenvalue weighted by Crippen LogP contribution is 2.29. The molecule has 1 aromatic rings. The first kappa shape index (κ1) is 19.3. The Morgan fingerprint density at radius 3 is 2.52 bits per heavy atom. The third-order valence-electron chi connectivity index (χ3n) is 5.23. The summed E-state index contributed by atoms with van der Waals surface area (Å²) in [6, 6.07) is 2.89. The van der Waals surface area contributed by atoms with Gasteiger partial charge in [-0.05, 0) is 37.3 Å². The summed E-state index contributed by atoms with van der Waals surface area (Å²) in [5.41, 5.74) is 0.116. The topological polar surface area (TPSA) is 77.9 Å². The van der Waals surface area contributed by atoms with Crippen molar-refractivity contribution in [3.63, 3.8) is 0 Å². The average molecular weight is 380 g/mol. The average Bonchev–Trinajstić information content (AvgIpc) is 3.00. The Hall–Kier alpha value is -2.51. The lowest BCUT2D eigenvalue weighted by molar-refractivity contribution is -0.138. The second-order valence-corrected chi connectivity index (χ2v) is 7.26. The third kappa shape index (κ3) is 4.61. The van der Waals surface area contributed by atoms with E-state index in [9.17, 15) is 23.2 Å². The molecular weight excluding hydrogens is 358 g/mol. The predicted octanol–water partition coefficient (Wildman–Crippen LogP) is 2.42. The molecule has 2 aliphatic rings. The van der Waals surface area contributed by atoms with Gasteiger partial charge in [-0.2, -0.15) is 0 Å². The van der Waals surface area contributed by atoms with Crippen molar-refractivity contribution in [3.05, 3.63) is 29.8 Å². The number of nitrogens with zero attached hydrogens (tertiary/aromatic N) is 2. The number of benzene rings is 1. The van der Waals surface area contributed by atoms with Crippen LogP contribution < -0.4 is 4.90 Å². The third-order valence-corrected chi connectivity index (χ3v) is 5.23. The number of carbonyl (C=O) groups excluding carboxylic acids is 2. The molecule has 8 heteroatoms. The zero-order valence-electron chi connectivity index (χ0n) is 14.9. The fraction of sp³-hybridized carbons (Fsp3) is 0.526. The van der Waals surface area contributed by atoms with E-state index in [4.69, 9.17) is 5.11 Å². The van der Waals surface area contributed by atoms with E-state index in [1.54, 1.807) is 4.90 Å². The summed E-state index contributed by atoms with van der Waals surface area (Å²) in [4.78, 5) is 38.8. The molecule has 146 valence electrons. The highest BCUT2D eigenvalue weighted by atomic mass is 19.1. The fourth-order valence-electron chi connectivity index (χ4n) is 3.90. The summed E-state index contributed by atoms with van der Waals surface area (Å²) in [7, 11) is 0. The highest BCUT2D eigenvalue weighted by molar-refractivity contribution is 6.00. The van der Waals surface area contributed by atoms with Gasteiger partial charge in [-0.3, -0.25) is 14.4 Å². The number of likely N-dealkylation sites (tertiary alicyclic amines) is 1. The number of rotatable bonds is 5. The Kier molecular flexibility index (Phi) is 5.72. The molecule has 2 atom stereocenters. The zero-order valence-corrected chi connectivity index (χ0v) is 14.9. The van der Waals surface area contributed by atoms with Crippen LogP contribution >= 0.6 is 0 Å². The van der Waals surface area contributed by atoms with Crippen LogP contribution in [-0.4, -0.2) is 47.4 Å². The number of amides is 2. The van der Waals surface area contributed by atoms with Gasteiger partial charge in [0.25, 0.3) is 0 Å². The maximum absolute atomic E-state index is 13.4. The number of carbonyl (C=O) groups is 3. The quantitative estimate of drug-likeness (QED) is 0.851. The van der Waals surface area contributed by atoms with E-state index >= 15 is 0 Å². The molecule has 0 radical (unpaired) electrons. The minimum absolute atomic E-state index is 0.00720. The molecule has 0 saturated carbocycles. The van der Waals surface area contributed by atoms with Crippen molar-refractivity contribution in [2.45, 2.75) is 32.1 Å². The zero-order chi connectivity index (χ0) is 19.6. The van der Waals surface area contributed by atoms with Crippen LogP contribution in [0, 0.1) is 23.5 Å². The number of anilines is 1. The molecule has 0 aromatic heterocycles. The van der Waals surface area contributed by atoms with Gasteiger partial charge in [-0.1, -0.05) is 0 Å². The van der Waals surface area contributed by atoms with Gasteiger partial charge in [-0.25, -0.2) is 8.78 Å². The fourth-order valence-corrected chi connectivity index (χ4v) is 3.90. The molecule has 0 unspecified atom stereocenters. The Morgan fingerprint density at radius 1 is 1.15 bits per heavy atom. The first-order chi connectivity index (χ1) is 12.8. The molecule has 2 aliphatic heterocycles. The summed E-state index contributed by atoms with van der Waals surface area (Å²) < 4.78 is 26.9. The number of carboxylic acids is 1. The molecule has 0 bridgehead atoms. The standard InChI is InChI=1S/C19H22F2N2O4/c20-14-7-15(21)9-16(8-14)23-11-13(6-17(23)24)19(27)22-5-1-2-12(10-22)3-4-18(25)26/h7-9,12-13H,1-6,10-11H2,(H,25,26)/t12-,13+/m1/s1. The van der Waals surface area contributed by atoms with Crippen LogP contribution in [0.5, 0.6) is 0 Å². The van der Waals surface area contributed by atoms with E-state index in [0.717, 1.165) is 31.0 Å². The first-order valence-corrected chi connectivity index (χ1v) is 9.10. The van der Waals surface area contributed by atoms with Gasteiger partial charge in [0.1, 0.15) is 11.6 Å². The summed E-state index contributed by atoms with van der Waals surface area (Å²) in [5, 5.41) is 8.82. The molecule has 0 aliphatic carbocycles. The maximum atomic E-state index is 13.4. The van der Waals surface area contributed by atoms with E-state index in [2.05, 4.69) is 0 Å². The van der Waals surface area contributed by atoms with Crippen molar-refractivity contribution in [1.82, 2.24) is 4.90 Å². The van der Waals surface area contributed by atoms with Gasteiger partial charge in [0, 0.05) is 44.2 Å². The summed E-state index contributed by atoms with van der Waals surface area (Å²) >= 11 is 0. The number of aliphatic carboxylic acids is 1. The lowest BCUT2D eigenvalue weighted by atomic mass is 9.92. The van der Waals surface area contributed by atoms with Crippen LogP contribution in [0.2, 0.25) is 0 Å². The van der Waals surface area contributed by atoms with Crippen molar-refractivity contribution in [2.75, 3.05) is 24.5 Å². The lowest BCUT2D eigenvalue weighted by Gasteiger charge is -2.34. The molecule has 2 amide bonds. The van der Waals surface area contributed by atoms with Crippen LogP contribution in [0.25, 0.3) is 0 Å². The second kappa shape index (κ2) is 8.02. The molecule has 2 saturated heterocycles. The van der Waals surface area contributed by atoms with Gasteiger partial charge in [0.05, 0.1) is 5.92 Å². The second-order valence-electron chi connectivity index (χ2n) is 7.26. The summed E-state index contributed by atoms with van der Waals surface area (Å²) in [6.07, 6.45) is 2.29. The summed E-state index contributed by atoms with van der Waals surface area (Å²) in [6.45, 7) is 1.17. The SMILES string of the molecule is O=C(O)CC[C@H]1CCCN(C(=O)[C@H]2CC(=O)N(c3cc(F)cc(F)c3)C2)C1. The van der Waals surface area contributed by atoms with Crippen molar-refractivity contribution in [3.8, 4) is 0 Å². The van der Waals surface area contributed by atoms with Crippen LogP contribution in [0.3, 0.4) is 0 Å². The van der Waals surface area contributed by atoms with Crippen molar-refractivity contribution in [2.24, 2.45) is 11.8 Å². The van der Waals surface area contributed by atoms with E-state index in [-0.39, 0.29) is 42.8 Å². The van der Waals surface area contributed by atoms with Gasteiger partial charge >= 0.3 is 5.97 Å². The number of hydrogen-bond acceptors (Lipinski definition) is 3. The largest absolute Gasteiger partial charge is 0.481 e. The Bertz CT molecular complexity index is 735. The van der Waals surface area contributed by atoms with E-state index in [0.29, 0.717) is 19.5 Å². The van der Waals surface area contributed by atoms with E-state index in [1.807, 2.05) is 0 Å². The molecule has 0 spiro atoms. The Balaban J connectivity index is 1.64. The maximum Gasteiger partial charge on any atom is 0.303 e. The number of piperidine rings is 1. The van der Waals surface area contributed by atoms with Gasteiger partial charge in [0.15, 0.2) is 0 Å². The van der Waals surface area contributed by atoms with Crippen molar-refractivity contribution < 1.29 is 28.3 Å². The molecule has 3 rings (SSSR count). The van der Waals surface area contributed by atoms with Crippen LogP contribution in [0.15, 0.2) is 18.2 Å². The first-order valence-electron chi connectivity index (χ1n) is 9.10. The Labute approximate surface area is 155 Å². The Morgan fingerprint density at radius 2 is 1.85 bits per heavy atom. The summed E-state index contributed by atoms with van der Waals surface area (Å²) in [5.74, 6) is -3.29. The van der Waals surface area contributed by atoms with Crippen LogP contribution in [0.4, 0.5) is 14.5 Å². The lowest BCUT2D eigenvalue weighted by Crippen LogP contribution is -2.43. The van der Waals surface area contributed by atoms with Crippen molar-refractivity contribution >= 4 is 23.5 Å². The number of carboxylic acid groups (broad SMARTS) is 1. The molecular formula is C19H22F2N2O4. The van der Waals surface area contributed by atoms with Crippen LogP contribution in [-0.2, 0) is 14.4 Å². The molecule has 2 heterocycles. The van der Waals surface area contributed by atoms with E-state index in [1.165, 1.54) is 4.90 Å². The number of halogens is 2. The highest BCUT2D eigenvalue weighted by Gasteiger charge is 2.38. The normalized spacial score (nSPS) is 23.0. The van der Waals surface area contributed by atoms with Crippen LogP contribution in [0.1, 0.15) is 32.1 Å². The molecule has 27 heavy (non-hydrogen) atoms. The molecule has 6 nitrogen and oxygen atoms in total. The smallest absolute Gasteiger partial charge is 0.303 e. The van der Waals surface area contributed by atoms with E-state index < -0.39 is 23.5 Å². The van der Waals surface area contributed by atoms with Gasteiger partial charge < -0.3 is 14.9 Å². The molecule has 2 fully saturated rings. The van der Waals surface area contributed by atoms with Gasteiger partial charge in [0.2, 0.25) is 11.8 Å². The number of hydrogen-bond donors (Lipinski definition) is 1.